The normalized spacial score (nSPS) is 11.0. The molecule has 3 aromatic rings. The van der Waals surface area contributed by atoms with E-state index < -0.39 is 5.97 Å². The van der Waals surface area contributed by atoms with Gasteiger partial charge in [-0.2, -0.15) is 5.10 Å². The number of nitrogens with one attached hydrogen (secondary N) is 1. The standard InChI is InChI=1S/C22H25N3O5/c1-14-11-18(15(2)25(14)9-6-10-29-3)20(26)13-30-21(27)12-19-16-7-4-5-8-17(16)22(28)24-23-19/h4-5,7-8,11H,6,9-10,12-13H2,1-3H3,(H,24,28). The second-order valence-electron chi connectivity index (χ2n) is 7.09. The first-order valence-electron chi connectivity index (χ1n) is 9.73. The second kappa shape index (κ2) is 9.49. The van der Waals surface area contributed by atoms with E-state index in [1.807, 2.05) is 19.9 Å². The first-order chi connectivity index (χ1) is 14.4. The molecule has 0 aliphatic heterocycles. The summed E-state index contributed by atoms with van der Waals surface area (Å²) in [6.45, 7) is 4.87. The maximum Gasteiger partial charge on any atom is 0.312 e. The van der Waals surface area contributed by atoms with Crippen molar-refractivity contribution in [3.8, 4) is 0 Å². The zero-order chi connectivity index (χ0) is 21.7. The summed E-state index contributed by atoms with van der Waals surface area (Å²) >= 11 is 0. The van der Waals surface area contributed by atoms with Crippen LogP contribution in [0.2, 0.25) is 0 Å². The summed E-state index contributed by atoms with van der Waals surface area (Å²) in [6.07, 6.45) is 0.705. The Bertz CT molecular complexity index is 1130. The number of ketones is 1. The van der Waals surface area contributed by atoms with E-state index >= 15 is 0 Å². The highest BCUT2D eigenvalue weighted by molar-refractivity contribution is 5.99. The van der Waals surface area contributed by atoms with E-state index in [1.54, 1.807) is 31.4 Å². The van der Waals surface area contributed by atoms with Crippen LogP contribution >= 0.6 is 0 Å². The fraction of sp³-hybridized carbons (Fsp3) is 0.364. The molecule has 1 N–H and O–H groups in total. The Kier molecular flexibility index (Phi) is 6.79. The number of fused-ring (bicyclic) bond motifs is 1. The van der Waals surface area contributed by atoms with Crippen molar-refractivity contribution in [1.82, 2.24) is 14.8 Å². The van der Waals surface area contributed by atoms with Crippen LogP contribution in [-0.2, 0) is 27.2 Å². The fourth-order valence-corrected chi connectivity index (χ4v) is 3.51. The van der Waals surface area contributed by atoms with E-state index in [4.69, 9.17) is 9.47 Å². The van der Waals surface area contributed by atoms with Gasteiger partial charge in [-0.3, -0.25) is 14.4 Å². The highest BCUT2D eigenvalue weighted by Crippen LogP contribution is 2.17. The van der Waals surface area contributed by atoms with Gasteiger partial charge >= 0.3 is 5.97 Å². The third-order valence-corrected chi connectivity index (χ3v) is 5.06. The maximum atomic E-state index is 12.6. The van der Waals surface area contributed by atoms with E-state index in [1.165, 1.54) is 0 Å². The number of nitrogens with zero attached hydrogens (tertiary/aromatic N) is 2. The van der Waals surface area contributed by atoms with Crippen molar-refractivity contribution in [3.63, 3.8) is 0 Å². The van der Waals surface area contributed by atoms with Gasteiger partial charge in [-0.15, -0.1) is 0 Å². The molecule has 8 heteroatoms. The number of aromatic nitrogens is 3. The summed E-state index contributed by atoms with van der Waals surface area (Å²) in [5.41, 5.74) is 2.45. The van der Waals surface area contributed by atoms with Gasteiger partial charge < -0.3 is 14.0 Å². The van der Waals surface area contributed by atoms with Gasteiger partial charge in [-0.25, -0.2) is 5.10 Å². The van der Waals surface area contributed by atoms with Gasteiger partial charge in [0.25, 0.3) is 5.56 Å². The number of hydrogen-bond donors (Lipinski definition) is 1. The molecule has 0 spiro atoms. The topological polar surface area (TPSA) is 103 Å². The number of aryl methyl sites for hydroxylation is 1. The van der Waals surface area contributed by atoms with Crippen LogP contribution in [0.3, 0.4) is 0 Å². The number of carbonyl (C=O) groups excluding carboxylic acids is 2. The van der Waals surface area contributed by atoms with Crippen LogP contribution in [0.1, 0.15) is 33.9 Å². The summed E-state index contributed by atoms with van der Waals surface area (Å²) in [5, 5.41) is 7.38. The van der Waals surface area contributed by atoms with E-state index in [0.29, 0.717) is 28.6 Å². The first kappa shape index (κ1) is 21.4. The van der Waals surface area contributed by atoms with E-state index in [2.05, 4.69) is 14.8 Å². The second-order valence-corrected chi connectivity index (χ2v) is 7.09. The number of esters is 1. The molecular formula is C22H25N3O5. The molecule has 158 valence electrons. The maximum absolute atomic E-state index is 12.6. The average Bonchev–Trinajstić information content (AvgIpc) is 3.03. The number of methoxy groups -OCH3 is 1. The molecule has 0 bridgehead atoms. The van der Waals surface area contributed by atoms with Crippen LogP contribution in [0.5, 0.6) is 0 Å². The number of carbonyl (C=O) groups is 2. The van der Waals surface area contributed by atoms with Crippen molar-refractivity contribution in [3.05, 3.63) is 63.3 Å². The third-order valence-electron chi connectivity index (χ3n) is 5.06. The molecule has 2 heterocycles. The van der Waals surface area contributed by atoms with Crippen molar-refractivity contribution < 1.29 is 19.1 Å². The number of H-pyrrole nitrogens is 1. The fourth-order valence-electron chi connectivity index (χ4n) is 3.51. The quantitative estimate of drug-likeness (QED) is 0.329. The van der Waals surface area contributed by atoms with Crippen LogP contribution in [0, 0.1) is 13.8 Å². The molecule has 1 aromatic carbocycles. The van der Waals surface area contributed by atoms with Gasteiger partial charge in [-0.1, -0.05) is 18.2 Å². The lowest BCUT2D eigenvalue weighted by Gasteiger charge is -2.09. The molecule has 0 unspecified atom stereocenters. The van der Waals surface area contributed by atoms with Crippen molar-refractivity contribution in [2.45, 2.75) is 33.2 Å². The predicted octanol–water partition coefficient (Wildman–Crippen LogP) is 2.35. The van der Waals surface area contributed by atoms with Crippen LogP contribution in [0.4, 0.5) is 0 Å². The molecule has 2 aromatic heterocycles. The molecular weight excluding hydrogens is 386 g/mol. The summed E-state index contributed by atoms with van der Waals surface area (Å²) < 4.78 is 12.3. The molecule has 30 heavy (non-hydrogen) atoms. The Morgan fingerprint density at radius 3 is 2.63 bits per heavy atom. The molecule has 0 fully saturated rings. The molecule has 0 aliphatic rings. The van der Waals surface area contributed by atoms with E-state index in [-0.39, 0.29) is 24.4 Å². The molecule has 0 atom stereocenters. The minimum atomic E-state index is -0.582. The Morgan fingerprint density at radius 1 is 1.17 bits per heavy atom. The SMILES string of the molecule is COCCCn1c(C)cc(C(=O)COC(=O)Cc2n[nH]c(=O)c3ccccc23)c1C. The van der Waals surface area contributed by atoms with Crippen LogP contribution in [0.25, 0.3) is 10.8 Å². The third kappa shape index (κ3) is 4.65. The Labute approximate surface area is 173 Å². The van der Waals surface area contributed by atoms with Crippen LogP contribution < -0.4 is 5.56 Å². The summed E-state index contributed by atoms with van der Waals surface area (Å²) in [7, 11) is 1.66. The van der Waals surface area contributed by atoms with Crippen molar-refractivity contribution in [2.24, 2.45) is 0 Å². The number of aromatic amines is 1. The largest absolute Gasteiger partial charge is 0.457 e. The smallest absolute Gasteiger partial charge is 0.312 e. The molecule has 0 aliphatic carbocycles. The van der Waals surface area contributed by atoms with Crippen molar-refractivity contribution in [2.75, 3.05) is 20.3 Å². The lowest BCUT2D eigenvalue weighted by atomic mass is 10.1. The number of benzene rings is 1. The lowest BCUT2D eigenvalue weighted by Crippen LogP contribution is -2.18. The number of Topliss-reactive ketones (excluding diaryl/α,β-unsaturated/α-hetero) is 1. The zero-order valence-electron chi connectivity index (χ0n) is 17.4. The van der Waals surface area contributed by atoms with Gasteiger partial charge in [0.2, 0.25) is 5.78 Å². The summed E-state index contributed by atoms with van der Waals surface area (Å²) in [6, 6.07) is 8.71. The number of rotatable bonds is 9. The van der Waals surface area contributed by atoms with Crippen LogP contribution in [0.15, 0.2) is 35.1 Å². The first-order valence-corrected chi connectivity index (χ1v) is 9.73. The van der Waals surface area contributed by atoms with Gasteiger partial charge in [0.1, 0.15) is 0 Å². The molecule has 3 rings (SSSR count). The monoisotopic (exact) mass is 411 g/mol. The zero-order valence-corrected chi connectivity index (χ0v) is 17.4. The van der Waals surface area contributed by atoms with Gasteiger partial charge in [0.05, 0.1) is 17.5 Å². The van der Waals surface area contributed by atoms with Gasteiger partial charge in [-0.05, 0) is 32.4 Å². The molecule has 0 amide bonds. The van der Waals surface area contributed by atoms with Gasteiger partial charge in [0, 0.05) is 42.6 Å². The van der Waals surface area contributed by atoms with Crippen LogP contribution in [-0.4, -0.2) is 46.8 Å². The highest BCUT2D eigenvalue weighted by Gasteiger charge is 2.18. The number of ether oxygens (including phenoxy) is 2. The van der Waals surface area contributed by atoms with E-state index in [0.717, 1.165) is 24.4 Å². The van der Waals surface area contributed by atoms with Crippen molar-refractivity contribution >= 4 is 22.5 Å². The molecule has 0 saturated heterocycles. The Hall–Kier alpha value is -3.26. The minimum absolute atomic E-state index is 0.138. The summed E-state index contributed by atoms with van der Waals surface area (Å²) in [4.78, 5) is 36.7. The predicted molar refractivity (Wildman–Crippen MR) is 112 cm³/mol. The molecule has 8 nitrogen and oxygen atoms in total. The Balaban J connectivity index is 1.64. The Morgan fingerprint density at radius 2 is 1.90 bits per heavy atom. The molecule has 0 radical (unpaired) electrons. The highest BCUT2D eigenvalue weighted by atomic mass is 16.5. The summed E-state index contributed by atoms with van der Waals surface area (Å²) in [5.74, 6) is -0.837. The minimum Gasteiger partial charge on any atom is -0.457 e. The van der Waals surface area contributed by atoms with Crippen molar-refractivity contribution in [1.29, 1.82) is 0 Å². The van der Waals surface area contributed by atoms with E-state index in [9.17, 15) is 14.4 Å². The molecule has 0 saturated carbocycles. The lowest BCUT2D eigenvalue weighted by molar-refractivity contribution is -0.141. The van der Waals surface area contributed by atoms with Gasteiger partial charge in [0.15, 0.2) is 6.61 Å². The average molecular weight is 411 g/mol. The number of hydrogen-bond acceptors (Lipinski definition) is 6.